The molecule has 4 aromatic rings. The molecule has 6 heteroatoms. The van der Waals surface area contributed by atoms with Crippen molar-refractivity contribution in [2.24, 2.45) is 0 Å². The third-order valence-corrected chi connectivity index (χ3v) is 4.58. The predicted molar refractivity (Wildman–Crippen MR) is 107 cm³/mol. The number of carbonyl (C=O) groups excluding carboxylic acids is 1. The number of carbonyl (C=O) groups is 1. The van der Waals surface area contributed by atoms with Crippen LogP contribution in [0.1, 0.15) is 34.8 Å². The van der Waals surface area contributed by atoms with E-state index in [0.717, 1.165) is 5.76 Å². The third kappa shape index (κ3) is 3.82. The molecule has 1 N–H and O–H groups in total. The molecule has 0 aliphatic heterocycles. The molecule has 1 atom stereocenters. The summed E-state index contributed by atoms with van der Waals surface area (Å²) in [5.74, 6) is 1.31. The summed E-state index contributed by atoms with van der Waals surface area (Å²) in [6, 6.07) is 16.7. The number of hydrogen-bond acceptors (Lipinski definition) is 4. The minimum Gasteiger partial charge on any atom is -0.464 e. The average Bonchev–Trinajstić information content (AvgIpc) is 3.38. The van der Waals surface area contributed by atoms with E-state index >= 15 is 0 Å². The van der Waals surface area contributed by atoms with Crippen molar-refractivity contribution in [2.45, 2.75) is 19.9 Å². The number of aryl methyl sites for hydroxylation is 1. The Bertz CT molecular complexity index is 1160. The van der Waals surface area contributed by atoms with Crippen LogP contribution in [0.4, 0.5) is 4.39 Å². The number of rotatable bonds is 5. The molecule has 0 aliphatic carbocycles. The lowest BCUT2D eigenvalue weighted by Gasteiger charge is -2.13. The van der Waals surface area contributed by atoms with Crippen molar-refractivity contribution >= 4 is 5.91 Å². The molecule has 1 unspecified atom stereocenters. The van der Waals surface area contributed by atoms with Crippen LogP contribution < -0.4 is 5.32 Å². The van der Waals surface area contributed by atoms with E-state index in [4.69, 9.17) is 8.83 Å². The van der Waals surface area contributed by atoms with Gasteiger partial charge in [-0.2, -0.15) is 0 Å². The van der Waals surface area contributed by atoms with E-state index in [9.17, 15) is 9.18 Å². The molecule has 0 saturated heterocycles. The van der Waals surface area contributed by atoms with Gasteiger partial charge in [0, 0.05) is 5.56 Å². The molecule has 2 aromatic heterocycles. The molecule has 2 heterocycles. The Labute approximate surface area is 167 Å². The van der Waals surface area contributed by atoms with Crippen LogP contribution in [0, 0.1) is 12.7 Å². The maximum absolute atomic E-state index is 14.0. The smallest absolute Gasteiger partial charge is 0.252 e. The van der Waals surface area contributed by atoms with Gasteiger partial charge in [0.1, 0.15) is 17.3 Å². The Balaban J connectivity index is 1.62. The summed E-state index contributed by atoms with van der Waals surface area (Å²) in [5.41, 5.74) is 1.25. The highest BCUT2D eigenvalue weighted by molar-refractivity contribution is 6.00. The molecule has 4 rings (SSSR count). The van der Waals surface area contributed by atoms with E-state index in [0.29, 0.717) is 28.2 Å². The molecule has 0 spiro atoms. The Morgan fingerprint density at radius 2 is 1.72 bits per heavy atom. The molecule has 1 amide bonds. The topological polar surface area (TPSA) is 68.3 Å². The minimum atomic E-state index is -0.399. The first-order valence-corrected chi connectivity index (χ1v) is 9.20. The largest absolute Gasteiger partial charge is 0.464 e. The maximum Gasteiger partial charge on any atom is 0.252 e. The van der Waals surface area contributed by atoms with Crippen molar-refractivity contribution in [3.8, 4) is 22.8 Å². The summed E-state index contributed by atoms with van der Waals surface area (Å²) in [4.78, 5) is 17.1. The first kappa shape index (κ1) is 18.7. The van der Waals surface area contributed by atoms with Crippen molar-refractivity contribution in [3.05, 3.63) is 89.8 Å². The highest BCUT2D eigenvalue weighted by atomic mass is 19.1. The average molecular weight is 390 g/mol. The molecular weight excluding hydrogens is 371 g/mol. The first-order valence-electron chi connectivity index (χ1n) is 9.20. The van der Waals surface area contributed by atoms with Gasteiger partial charge < -0.3 is 14.2 Å². The van der Waals surface area contributed by atoms with E-state index in [1.807, 2.05) is 26.0 Å². The van der Waals surface area contributed by atoms with Crippen LogP contribution in [0.15, 0.2) is 75.7 Å². The van der Waals surface area contributed by atoms with Crippen LogP contribution >= 0.6 is 0 Å². The standard InChI is InChI=1S/C23H19FN2O3/c1-14-11-12-20(28-14)15(2)26-22(27)16-7-3-4-8-17(16)23-25-13-21(29-23)18-9-5-6-10-19(18)24/h3-13,15H,1-2H3,(H,26,27). The Morgan fingerprint density at radius 3 is 2.45 bits per heavy atom. The van der Waals surface area contributed by atoms with Gasteiger partial charge in [0.15, 0.2) is 5.76 Å². The van der Waals surface area contributed by atoms with Gasteiger partial charge in [-0.05, 0) is 50.2 Å². The van der Waals surface area contributed by atoms with E-state index < -0.39 is 5.82 Å². The summed E-state index contributed by atoms with van der Waals surface area (Å²) >= 11 is 0. The van der Waals surface area contributed by atoms with Crippen molar-refractivity contribution < 1.29 is 18.0 Å². The van der Waals surface area contributed by atoms with Crippen molar-refractivity contribution in [1.29, 1.82) is 0 Å². The van der Waals surface area contributed by atoms with Crippen molar-refractivity contribution in [2.75, 3.05) is 0 Å². The number of aromatic nitrogens is 1. The van der Waals surface area contributed by atoms with Gasteiger partial charge >= 0.3 is 0 Å². The van der Waals surface area contributed by atoms with Gasteiger partial charge in [0.05, 0.1) is 23.4 Å². The second kappa shape index (κ2) is 7.75. The molecule has 29 heavy (non-hydrogen) atoms. The van der Waals surface area contributed by atoms with Gasteiger partial charge in [-0.25, -0.2) is 9.37 Å². The monoisotopic (exact) mass is 390 g/mol. The van der Waals surface area contributed by atoms with E-state index in [1.165, 1.54) is 12.3 Å². The number of furan rings is 1. The normalized spacial score (nSPS) is 12.0. The number of nitrogens with zero attached hydrogens (tertiary/aromatic N) is 1. The molecule has 0 fully saturated rings. The molecule has 0 saturated carbocycles. The molecule has 0 radical (unpaired) electrons. The van der Waals surface area contributed by atoms with Gasteiger partial charge in [0.25, 0.3) is 5.91 Å². The number of amides is 1. The fourth-order valence-electron chi connectivity index (χ4n) is 3.08. The molecule has 146 valence electrons. The van der Waals surface area contributed by atoms with E-state index in [2.05, 4.69) is 10.3 Å². The van der Waals surface area contributed by atoms with Crippen molar-refractivity contribution in [3.63, 3.8) is 0 Å². The number of halogens is 1. The second-order valence-corrected chi connectivity index (χ2v) is 6.70. The van der Waals surface area contributed by atoms with E-state index in [1.54, 1.807) is 42.5 Å². The van der Waals surface area contributed by atoms with E-state index in [-0.39, 0.29) is 17.8 Å². The lowest BCUT2D eigenvalue weighted by atomic mass is 10.1. The van der Waals surface area contributed by atoms with Crippen LogP contribution in [0.5, 0.6) is 0 Å². The molecule has 5 nitrogen and oxygen atoms in total. The lowest BCUT2D eigenvalue weighted by Crippen LogP contribution is -2.26. The minimum absolute atomic E-state index is 0.246. The van der Waals surface area contributed by atoms with Crippen LogP contribution in [0.2, 0.25) is 0 Å². The number of hydrogen-bond donors (Lipinski definition) is 1. The maximum atomic E-state index is 14.0. The zero-order valence-corrected chi connectivity index (χ0v) is 16.0. The van der Waals surface area contributed by atoms with Gasteiger partial charge in [-0.3, -0.25) is 4.79 Å². The predicted octanol–water partition coefficient (Wildman–Crippen LogP) is 5.54. The van der Waals surface area contributed by atoms with Crippen molar-refractivity contribution in [1.82, 2.24) is 10.3 Å². The molecule has 0 aliphatic rings. The summed E-state index contributed by atoms with van der Waals surface area (Å²) in [6.07, 6.45) is 1.46. The van der Waals surface area contributed by atoms with Gasteiger partial charge in [0.2, 0.25) is 5.89 Å². The Morgan fingerprint density at radius 1 is 1.00 bits per heavy atom. The van der Waals surface area contributed by atoms with Gasteiger partial charge in [-0.1, -0.05) is 24.3 Å². The molecule has 0 bridgehead atoms. The Kier molecular flexibility index (Phi) is 4.99. The number of nitrogens with one attached hydrogen (secondary N) is 1. The van der Waals surface area contributed by atoms with Crippen LogP contribution in [0.25, 0.3) is 22.8 Å². The van der Waals surface area contributed by atoms with Crippen LogP contribution in [-0.4, -0.2) is 10.9 Å². The quantitative estimate of drug-likeness (QED) is 0.486. The summed E-state index contributed by atoms with van der Waals surface area (Å²) in [6.45, 7) is 3.70. The highest BCUT2D eigenvalue weighted by Crippen LogP contribution is 2.30. The van der Waals surface area contributed by atoms with Crippen LogP contribution in [-0.2, 0) is 0 Å². The SMILES string of the molecule is Cc1ccc(C(C)NC(=O)c2ccccc2-c2ncc(-c3ccccc3F)o2)o1. The third-order valence-electron chi connectivity index (χ3n) is 4.58. The Hall–Kier alpha value is -3.67. The molecular formula is C23H19FN2O3. The lowest BCUT2D eigenvalue weighted by molar-refractivity contribution is 0.0935. The zero-order valence-electron chi connectivity index (χ0n) is 16.0. The number of oxazole rings is 1. The zero-order chi connectivity index (χ0) is 20.4. The fraction of sp³-hybridized carbons (Fsp3) is 0.130. The summed E-state index contributed by atoms with van der Waals surface area (Å²) < 4.78 is 25.4. The fourth-order valence-corrected chi connectivity index (χ4v) is 3.08. The highest BCUT2D eigenvalue weighted by Gasteiger charge is 2.20. The molecule has 2 aromatic carbocycles. The summed E-state index contributed by atoms with van der Waals surface area (Å²) in [5, 5.41) is 2.92. The first-order chi connectivity index (χ1) is 14.0. The van der Waals surface area contributed by atoms with Gasteiger partial charge in [-0.15, -0.1) is 0 Å². The second-order valence-electron chi connectivity index (χ2n) is 6.70. The van der Waals surface area contributed by atoms with Crippen LogP contribution in [0.3, 0.4) is 0 Å². The number of benzene rings is 2. The summed E-state index contributed by atoms with van der Waals surface area (Å²) in [7, 11) is 0.